The highest BCUT2D eigenvalue weighted by atomic mass is 35.5. The molecule has 0 atom stereocenters. The van der Waals surface area contributed by atoms with Gasteiger partial charge in [0.25, 0.3) is 17.7 Å². The van der Waals surface area contributed by atoms with Gasteiger partial charge in [-0.3, -0.25) is 14.4 Å². The van der Waals surface area contributed by atoms with Crippen molar-refractivity contribution in [2.45, 2.75) is 0 Å². The molecule has 11 heteroatoms. The van der Waals surface area contributed by atoms with E-state index in [-0.39, 0.29) is 27.7 Å². The lowest BCUT2D eigenvalue weighted by Crippen LogP contribution is -2.32. The van der Waals surface area contributed by atoms with Crippen LogP contribution >= 0.6 is 23.2 Å². The summed E-state index contributed by atoms with van der Waals surface area (Å²) in [7, 11) is 4.42. The largest absolute Gasteiger partial charge is 0.497 e. The first kappa shape index (κ1) is 25.9. The Morgan fingerprint density at radius 1 is 0.838 bits per heavy atom. The van der Waals surface area contributed by atoms with E-state index in [1.54, 1.807) is 42.5 Å². The van der Waals surface area contributed by atoms with Gasteiger partial charge in [-0.2, -0.15) is 0 Å². The molecule has 0 radical (unpaired) electrons. The molecule has 9 nitrogen and oxygen atoms in total. The van der Waals surface area contributed by atoms with Gasteiger partial charge >= 0.3 is 0 Å². The molecule has 0 unspecified atom stereocenters. The summed E-state index contributed by atoms with van der Waals surface area (Å²) < 4.78 is 15.8. The quantitative estimate of drug-likeness (QED) is 0.384. The molecule has 1 aliphatic heterocycles. The van der Waals surface area contributed by atoms with Crippen LogP contribution in [0.4, 0.5) is 17.1 Å². The zero-order chi connectivity index (χ0) is 26.7. The van der Waals surface area contributed by atoms with Crippen molar-refractivity contribution in [1.29, 1.82) is 0 Å². The van der Waals surface area contributed by atoms with Gasteiger partial charge in [-0.15, -0.1) is 0 Å². The molecule has 4 rings (SSSR count). The molecule has 3 aromatic rings. The molecule has 0 saturated carbocycles. The molecule has 1 heterocycles. The smallest absolute Gasteiger partial charge is 0.283 e. The number of imide groups is 1. The van der Waals surface area contributed by atoms with Crippen LogP contribution in [0.5, 0.6) is 17.2 Å². The van der Waals surface area contributed by atoms with Crippen LogP contribution in [0.3, 0.4) is 0 Å². The minimum absolute atomic E-state index is 0.150. The molecule has 0 fully saturated rings. The second-order valence-corrected chi connectivity index (χ2v) is 8.49. The van der Waals surface area contributed by atoms with E-state index < -0.39 is 17.7 Å². The van der Waals surface area contributed by atoms with Crippen molar-refractivity contribution in [1.82, 2.24) is 0 Å². The fraction of sp³-hybridized carbons (Fsp3) is 0.115. The Balaban J connectivity index is 1.56. The number of benzene rings is 3. The van der Waals surface area contributed by atoms with Gasteiger partial charge in [0.2, 0.25) is 0 Å². The predicted octanol–water partition coefficient (Wildman–Crippen LogP) is 5.05. The van der Waals surface area contributed by atoms with Crippen molar-refractivity contribution in [2.75, 3.05) is 36.9 Å². The van der Waals surface area contributed by atoms with Gasteiger partial charge in [0, 0.05) is 22.3 Å². The lowest BCUT2D eigenvalue weighted by atomic mass is 10.1. The normalized spacial score (nSPS) is 13.1. The van der Waals surface area contributed by atoms with Crippen LogP contribution in [0, 0.1) is 0 Å². The number of nitrogens with zero attached hydrogens (tertiary/aromatic N) is 1. The van der Waals surface area contributed by atoms with Crippen molar-refractivity contribution in [2.24, 2.45) is 0 Å². The number of rotatable bonds is 8. The standard InChI is InChI=1S/C26H21Cl2N3O6/c1-35-17-8-9-18(21(13-17)37-3)30-24(32)14-5-4-6-16(11-14)29-23-22(28)25(33)31(26(23)34)19-12-15(27)7-10-20(19)36-2/h4-13,29H,1-3H3,(H,30,32). The summed E-state index contributed by atoms with van der Waals surface area (Å²) in [6, 6.07) is 15.9. The van der Waals surface area contributed by atoms with Crippen molar-refractivity contribution < 1.29 is 28.6 Å². The maximum Gasteiger partial charge on any atom is 0.283 e. The predicted molar refractivity (Wildman–Crippen MR) is 141 cm³/mol. The van der Waals surface area contributed by atoms with Gasteiger partial charge in [0.15, 0.2) is 0 Å². The number of hydrogen-bond donors (Lipinski definition) is 2. The zero-order valence-corrected chi connectivity index (χ0v) is 21.4. The summed E-state index contributed by atoms with van der Waals surface area (Å²) in [6.07, 6.45) is 0. The van der Waals surface area contributed by atoms with Gasteiger partial charge in [0.05, 0.1) is 32.7 Å². The van der Waals surface area contributed by atoms with E-state index in [4.69, 9.17) is 37.4 Å². The highest BCUT2D eigenvalue weighted by Gasteiger charge is 2.40. The van der Waals surface area contributed by atoms with Gasteiger partial charge in [0.1, 0.15) is 28.0 Å². The van der Waals surface area contributed by atoms with Crippen LogP contribution in [0.15, 0.2) is 71.4 Å². The summed E-state index contributed by atoms with van der Waals surface area (Å²) in [5.41, 5.74) is 1.10. The van der Waals surface area contributed by atoms with Crippen LogP contribution < -0.4 is 29.7 Å². The maximum atomic E-state index is 13.2. The minimum Gasteiger partial charge on any atom is -0.497 e. The molecule has 0 aromatic heterocycles. The van der Waals surface area contributed by atoms with Crippen molar-refractivity contribution >= 4 is 58.0 Å². The number of anilines is 3. The van der Waals surface area contributed by atoms with Gasteiger partial charge in [-0.25, -0.2) is 4.90 Å². The van der Waals surface area contributed by atoms with E-state index in [0.29, 0.717) is 27.9 Å². The lowest BCUT2D eigenvalue weighted by Gasteiger charge is -2.18. The average Bonchev–Trinajstić information content (AvgIpc) is 3.11. The molecule has 0 spiro atoms. The van der Waals surface area contributed by atoms with Gasteiger partial charge in [-0.05, 0) is 48.5 Å². The van der Waals surface area contributed by atoms with Crippen LogP contribution in [-0.2, 0) is 9.59 Å². The second kappa shape index (κ2) is 10.8. The number of amides is 3. The SMILES string of the molecule is COc1ccc(NC(=O)c2cccc(NC3=C(Cl)C(=O)N(c4cc(Cl)ccc4OC)C3=O)c2)c(OC)c1. The Bertz CT molecular complexity index is 1440. The van der Waals surface area contributed by atoms with E-state index in [0.717, 1.165) is 4.90 Å². The van der Waals surface area contributed by atoms with E-state index in [2.05, 4.69) is 10.6 Å². The number of halogens is 2. The topological polar surface area (TPSA) is 106 Å². The van der Waals surface area contributed by atoms with Crippen LogP contribution in [-0.4, -0.2) is 39.1 Å². The monoisotopic (exact) mass is 541 g/mol. The molecule has 2 N–H and O–H groups in total. The Morgan fingerprint density at radius 3 is 2.30 bits per heavy atom. The number of nitrogens with one attached hydrogen (secondary N) is 2. The number of hydrogen-bond acceptors (Lipinski definition) is 7. The average molecular weight is 542 g/mol. The number of methoxy groups -OCH3 is 3. The van der Waals surface area contributed by atoms with Crippen LogP contribution in [0.25, 0.3) is 0 Å². The van der Waals surface area contributed by atoms with Crippen molar-refractivity contribution in [3.8, 4) is 17.2 Å². The van der Waals surface area contributed by atoms with Gasteiger partial charge in [-0.1, -0.05) is 29.3 Å². The molecule has 3 aromatic carbocycles. The molecular weight excluding hydrogens is 521 g/mol. The summed E-state index contributed by atoms with van der Waals surface area (Å²) >= 11 is 12.3. The Hall–Kier alpha value is -4.21. The fourth-order valence-electron chi connectivity index (χ4n) is 3.65. The van der Waals surface area contributed by atoms with Crippen LogP contribution in [0.1, 0.15) is 10.4 Å². The third-order valence-corrected chi connectivity index (χ3v) is 6.05. The third kappa shape index (κ3) is 5.18. The van der Waals surface area contributed by atoms with Crippen LogP contribution in [0.2, 0.25) is 5.02 Å². The van der Waals surface area contributed by atoms with E-state index in [9.17, 15) is 14.4 Å². The first-order valence-corrected chi connectivity index (χ1v) is 11.6. The van der Waals surface area contributed by atoms with Crippen molar-refractivity contribution in [3.63, 3.8) is 0 Å². The minimum atomic E-state index is -0.741. The first-order valence-electron chi connectivity index (χ1n) is 10.8. The Morgan fingerprint density at radius 2 is 1.59 bits per heavy atom. The molecule has 1 aliphatic rings. The van der Waals surface area contributed by atoms with Gasteiger partial charge < -0.3 is 24.8 Å². The molecule has 0 bridgehead atoms. The molecule has 37 heavy (non-hydrogen) atoms. The first-order chi connectivity index (χ1) is 17.8. The molecule has 190 valence electrons. The second-order valence-electron chi connectivity index (χ2n) is 7.68. The van der Waals surface area contributed by atoms with E-state index in [1.807, 2.05) is 0 Å². The third-order valence-electron chi connectivity index (χ3n) is 5.46. The number of ether oxygens (including phenoxy) is 3. The summed E-state index contributed by atoms with van der Waals surface area (Å²) in [5.74, 6) is -0.601. The lowest BCUT2D eigenvalue weighted by molar-refractivity contribution is -0.120. The summed E-state index contributed by atoms with van der Waals surface area (Å²) in [5, 5.41) is 5.63. The maximum absolute atomic E-state index is 13.2. The van der Waals surface area contributed by atoms with E-state index in [1.165, 1.54) is 39.5 Å². The Labute approximate surface area is 222 Å². The number of carbonyl (C=O) groups is 3. The summed E-state index contributed by atoms with van der Waals surface area (Å²) in [6.45, 7) is 0. The number of carbonyl (C=O) groups excluding carboxylic acids is 3. The van der Waals surface area contributed by atoms with E-state index >= 15 is 0 Å². The fourth-order valence-corrected chi connectivity index (χ4v) is 4.03. The highest BCUT2D eigenvalue weighted by molar-refractivity contribution is 6.53. The molecule has 0 saturated heterocycles. The molecule has 0 aliphatic carbocycles. The highest BCUT2D eigenvalue weighted by Crippen LogP contribution is 2.37. The molecule has 3 amide bonds. The zero-order valence-electron chi connectivity index (χ0n) is 19.9. The molecular formula is C26H21Cl2N3O6. The Kier molecular flexibility index (Phi) is 7.56. The van der Waals surface area contributed by atoms with Crippen molar-refractivity contribution in [3.05, 3.63) is 82.0 Å². The summed E-state index contributed by atoms with van der Waals surface area (Å²) in [4.78, 5) is 39.9.